The van der Waals surface area contributed by atoms with Crippen LogP contribution in [0.4, 0.5) is 13.6 Å². The number of alkyl halides is 2. The number of piperidine rings is 1. The van der Waals surface area contributed by atoms with Crippen molar-refractivity contribution >= 4 is 12.1 Å². The fourth-order valence-electron chi connectivity index (χ4n) is 3.30. The Labute approximate surface area is 181 Å². The Morgan fingerprint density at radius 1 is 1.26 bits per heavy atom. The normalized spacial score (nSPS) is 15.0. The first kappa shape index (κ1) is 24.5. The number of nitrogens with one attached hydrogen (secondary N) is 2. The van der Waals surface area contributed by atoms with E-state index in [1.807, 2.05) is 6.92 Å². The molecule has 1 aliphatic rings. The molecule has 1 saturated heterocycles. The number of methoxy groups -OCH3 is 1. The molecular formula is C21H32F2N4O4. The first-order valence-corrected chi connectivity index (χ1v) is 10.5. The number of ether oxygens (including phenoxy) is 3. The summed E-state index contributed by atoms with van der Waals surface area (Å²) in [6.45, 7) is 3.69. The summed E-state index contributed by atoms with van der Waals surface area (Å²) in [5.41, 5.74) is 0.818. The minimum absolute atomic E-state index is 0.0115. The Morgan fingerprint density at radius 2 is 2.00 bits per heavy atom. The largest absolute Gasteiger partial charge is 0.493 e. The lowest BCUT2D eigenvalue weighted by Gasteiger charge is -2.32. The number of guanidine groups is 1. The lowest BCUT2D eigenvalue weighted by molar-refractivity contribution is -0.0512. The van der Waals surface area contributed by atoms with Gasteiger partial charge in [0.25, 0.3) is 0 Å². The van der Waals surface area contributed by atoms with Crippen molar-refractivity contribution in [2.75, 3.05) is 39.9 Å². The highest BCUT2D eigenvalue weighted by molar-refractivity contribution is 5.80. The summed E-state index contributed by atoms with van der Waals surface area (Å²) >= 11 is 0. The van der Waals surface area contributed by atoms with Crippen LogP contribution in [0.5, 0.6) is 11.5 Å². The smallest absolute Gasteiger partial charge is 0.409 e. The van der Waals surface area contributed by atoms with Gasteiger partial charge in [0.15, 0.2) is 17.5 Å². The number of carbonyl (C=O) groups excluding carboxylic acids is 1. The summed E-state index contributed by atoms with van der Waals surface area (Å²) in [6, 6.07) is 5.16. The van der Waals surface area contributed by atoms with Crippen molar-refractivity contribution in [2.24, 2.45) is 4.99 Å². The van der Waals surface area contributed by atoms with Crippen LogP contribution >= 0.6 is 0 Å². The van der Waals surface area contributed by atoms with Gasteiger partial charge in [0.1, 0.15) is 0 Å². The van der Waals surface area contributed by atoms with Crippen LogP contribution in [0.3, 0.4) is 0 Å². The summed E-state index contributed by atoms with van der Waals surface area (Å²) in [5, 5.41) is 6.62. The SMILES string of the molecule is CCNC(=NCCc1ccc(OC)c(OC(F)F)c1)NC1CCN(C(=O)OCC)CC1. The van der Waals surface area contributed by atoms with E-state index in [-0.39, 0.29) is 23.6 Å². The van der Waals surface area contributed by atoms with Crippen LogP contribution < -0.4 is 20.1 Å². The minimum Gasteiger partial charge on any atom is -0.493 e. The molecule has 1 aromatic rings. The van der Waals surface area contributed by atoms with Gasteiger partial charge in [0.2, 0.25) is 0 Å². The fraction of sp³-hybridized carbons (Fsp3) is 0.619. The first-order chi connectivity index (χ1) is 15.0. The van der Waals surface area contributed by atoms with Crippen molar-refractivity contribution in [2.45, 2.75) is 45.8 Å². The van der Waals surface area contributed by atoms with Crippen molar-refractivity contribution in [3.8, 4) is 11.5 Å². The second-order valence-electron chi connectivity index (χ2n) is 6.98. The minimum atomic E-state index is -2.91. The lowest BCUT2D eigenvalue weighted by Crippen LogP contribution is -2.50. The van der Waals surface area contributed by atoms with E-state index in [1.165, 1.54) is 7.11 Å². The van der Waals surface area contributed by atoms with E-state index < -0.39 is 6.61 Å². The summed E-state index contributed by atoms with van der Waals surface area (Å²) in [7, 11) is 1.41. The quantitative estimate of drug-likeness (QED) is 0.452. The maximum Gasteiger partial charge on any atom is 0.409 e. The molecule has 31 heavy (non-hydrogen) atoms. The van der Waals surface area contributed by atoms with Crippen molar-refractivity contribution in [3.05, 3.63) is 23.8 Å². The summed E-state index contributed by atoms with van der Waals surface area (Å²) in [6.07, 6.45) is 1.89. The number of aliphatic imine (C=N–C) groups is 1. The number of nitrogens with zero attached hydrogens (tertiary/aromatic N) is 2. The second-order valence-corrected chi connectivity index (χ2v) is 6.98. The molecule has 0 unspecified atom stereocenters. The third kappa shape index (κ3) is 8.10. The van der Waals surface area contributed by atoms with Crippen LogP contribution in [0.1, 0.15) is 32.3 Å². The number of amides is 1. The van der Waals surface area contributed by atoms with E-state index in [0.717, 1.165) is 18.4 Å². The van der Waals surface area contributed by atoms with Crippen LogP contribution in [-0.2, 0) is 11.2 Å². The molecule has 2 N–H and O–H groups in total. The molecule has 1 heterocycles. The number of hydrogen-bond acceptors (Lipinski definition) is 5. The number of benzene rings is 1. The predicted octanol–water partition coefficient (Wildman–Crippen LogP) is 3.02. The van der Waals surface area contributed by atoms with E-state index in [1.54, 1.807) is 30.0 Å². The molecule has 2 rings (SSSR count). The second kappa shape index (κ2) is 12.8. The van der Waals surface area contributed by atoms with Gasteiger partial charge in [-0.25, -0.2) is 4.79 Å². The number of halogens is 2. The summed E-state index contributed by atoms with van der Waals surface area (Å²) in [5.74, 6) is 0.962. The zero-order valence-corrected chi connectivity index (χ0v) is 18.3. The van der Waals surface area contributed by atoms with Crippen molar-refractivity contribution in [1.82, 2.24) is 15.5 Å². The van der Waals surface area contributed by atoms with Crippen LogP contribution in [0.15, 0.2) is 23.2 Å². The lowest BCUT2D eigenvalue weighted by atomic mass is 10.1. The molecule has 0 spiro atoms. The van der Waals surface area contributed by atoms with E-state index >= 15 is 0 Å². The number of rotatable bonds is 9. The average Bonchev–Trinajstić information content (AvgIpc) is 2.74. The molecule has 10 heteroatoms. The number of hydrogen-bond donors (Lipinski definition) is 2. The van der Waals surface area contributed by atoms with Gasteiger partial charge < -0.3 is 29.7 Å². The van der Waals surface area contributed by atoms with E-state index in [4.69, 9.17) is 9.47 Å². The maximum atomic E-state index is 12.6. The first-order valence-electron chi connectivity index (χ1n) is 10.5. The Hall–Kier alpha value is -2.78. The third-order valence-electron chi connectivity index (χ3n) is 4.82. The van der Waals surface area contributed by atoms with Crippen LogP contribution in [-0.4, -0.2) is 69.5 Å². The molecule has 0 atom stereocenters. The molecule has 0 saturated carbocycles. The Balaban J connectivity index is 1.90. The Morgan fingerprint density at radius 3 is 2.61 bits per heavy atom. The Bertz CT molecular complexity index is 725. The van der Waals surface area contributed by atoms with Gasteiger partial charge in [-0.05, 0) is 50.8 Å². The number of carbonyl (C=O) groups is 1. The standard InChI is InChI=1S/C21H32F2N4O4/c1-4-24-20(26-16-9-12-27(13-10-16)21(28)30-5-2)25-11-8-15-6-7-17(29-3)18(14-15)31-19(22)23/h6-7,14,16,19H,4-5,8-13H2,1-3H3,(H2,24,25,26). The fourth-order valence-corrected chi connectivity index (χ4v) is 3.30. The zero-order chi connectivity index (χ0) is 22.6. The van der Waals surface area contributed by atoms with E-state index in [2.05, 4.69) is 20.4 Å². The van der Waals surface area contributed by atoms with Gasteiger partial charge in [0, 0.05) is 32.2 Å². The highest BCUT2D eigenvalue weighted by Gasteiger charge is 2.24. The van der Waals surface area contributed by atoms with Crippen molar-refractivity contribution < 1.29 is 27.8 Å². The molecule has 0 radical (unpaired) electrons. The van der Waals surface area contributed by atoms with Crippen molar-refractivity contribution in [1.29, 1.82) is 0 Å². The van der Waals surface area contributed by atoms with Gasteiger partial charge in [-0.15, -0.1) is 0 Å². The summed E-state index contributed by atoms with van der Waals surface area (Å²) < 4.78 is 39.8. The van der Waals surface area contributed by atoms with Crippen molar-refractivity contribution in [3.63, 3.8) is 0 Å². The monoisotopic (exact) mass is 442 g/mol. The van der Waals surface area contributed by atoms with E-state index in [0.29, 0.717) is 45.2 Å². The molecular weight excluding hydrogens is 410 g/mol. The van der Waals surface area contributed by atoms with Gasteiger partial charge in [-0.1, -0.05) is 6.07 Å². The Kier molecular flexibility index (Phi) is 10.1. The van der Waals surface area contributed by atoms with Crippen LogP contribution in [0, 0.1) is 0 Å². The van der Waals surface area contributed by atoms with Gasteiger partial charge in [0.05, 0.1) is 13.7 Å². The van der Waals surface area contributed by atoms with Gasteiger partial charge in [-0.3, -0.25) is 4.99 Å². The number of likely N-dealkylation sites (tertiary alicyclic amines) is 1. The summed E-state index contributed by atoms with van der Waals surface area (Å²) in [4.78, 5) is 18.1. The highest BCUT2D eigenvalue weighted by Crippen LogP contribution is 2.29. The molecule has 0 aliphatic carbocycles. The van der Waals surface area contributed by atoms with Gasteiger partial charge in [-0.2, -0.15) is 8.78 Å². The van der Waals surface area contributed by atoms with Crippen LogP contribution in [0.2, 0.25) is 0 Å². The van der Waals surface area contributed by atoms with Gasteiger partial charge >= 0.3 is 12.7 Å². The predicted molar refractivity (Wildman–Crippen MR) is 114 cm³/mol. The molecule has 0 aromatic heterocycles. The van der Waals surface area contributed by atoms with E-state index in [9.17, 15) is 13.6 Å². The molecule has 0 bridgehead atoms. The molecule has 1 fully saturated rings. The maximum absolute atomic E-state index is 12.6. The topological polar surface area (TPSA) is 84.4 Å². The molecule has 8 nitrogen and oxygen atoms in total. The van der Waals surface area contributed by atoms with Crippen LogP contribution in [0.25, 0.3) is 0 Å². The molecule has 1 amide bonds. The zero-order valence-electron chi connectivity index (χ0n) is 18.3. The average molecular weight is 443 g/mol. The molecule has 1 aliphatic heterocycles. The molecule has 1 aromatic carbocycles. The third-order valence-corrected chi connectivity index (χ3v) is 4.82. The molecule has 174 valence electrons. The highest BCUT2D eigenvalue weighted by atomic mass is 19.3.